The van der Waals surface area contributed by atoms with Crippen LogP contribution in [0, 0.1) is 11.3 Å². The topological polar surface area (TPSA) is 94.5 Å². The van der Waals surface area contributed by atoms with Crippen molar-refractivity contribution in [2.75, 3.05) is 25.0 Å². The Morgan fingerprint density at radius 1 is 1.36 bits per heavy atom. The highest BCUT2D eigenvalue weighted by molar-refractivity contribution is 5.86. The smallest absolute Gasteiger partial charge is 0.262 e. The maximum Gasteiger partial charge on any atom is 0.262 e. The minimum atomic E-state index is -0.747. The Hall–Kier alpha value is -2.75. The molecule has 7 heteroatoms. The summed E-state index contributed by atoms with van der Waals surface area (Å²) in [5.74, 6) is 0.131. The molecule has 1 heterocycles. The summed E-state index contributed by atoms with van der Waals surface area (Å²) in [4.78, 5) is 26.3. The molecule has 0 unspecified atom stereocenters. The molecule has 1 fully saturated rings. The molecule has 0 saturated heterocycles. The molecule has 1 aliphatic carbocycles. The van der Waals surface area contributed by atoms with Crippen LogP contribution in [-0.2, 0) is 9.59 Å². The van der Waals surface area contributed by atoms with E-state index in [1.807, 2.05) is 23.1 Å². The normalized spacial score (nSPS) is 20.8. The highest BCUT2D eigenvalue weighted by Gasteiger charge is 2.37. The number of carbonyl (C=O) groups excluding carboxylic acids is 2. The summed E-state index contributed by atoms with van der Waals surface area (Å²) in [5.41, 5.74) is 0.0264. The average molecular weight is 342 g/mol. The molecule has 1 aliphatic heterocycles. The molecule has 0 radical (unpaired) electrons. The predicted molar refractivity (Wildman–Crippen MR) is 92.1 cm³/mol. The van der Waals surface area contributed by atoms with Crippen molar-refractivity contribution in [3.63, 3.8) is 0 Å². The first-order chi connectivity index (χ1) is 12.1. The fourth-order valence-electron chi connectivity index (χ4n) is 3.48. The molecular formula is C18H22N4O3. The number of nitriles is 1. The van der Waals surface area contributed by atoms with Gasteiger partial charge in [-0.2, -0.15) is 5.26 Å². The minimum absolute atomic E-state index is 0.0807. The summed E-state index contributed by atoms with van der Waals surface area (Å²) in [6.45, 7) is 0.362. The van der Waals surface area contributed by atoms with Gasteiger partial charge in [0.25, 0.3) is 5.91 Å². The van der Waals surface area contributed by atoms with E-state index in [4.69, 9.17) is 4.74 Å². The number of nitrogens with one attached hydrogen (secondary N) is 2. The lowest BCUT2D eigenvalue weighted by Gasteiger charge is -2.35. The molecule has 3 rings (SSSR count). The third-order valence-electron chi connectivity index (χ3n) is 4.78. The highest BCUT2D eigenvalue weighted by Crippen LogP contribution is 2.33. The van der Waals surface area contributed by atoms with Gasteiger partial charge >= 0.3 is 0 Å². The molecule has 25 heavy (non-hydrogen) atoms. The summed E-state index contributed by atoms with van der Waals surface area (Å²) in [5, 5.41) is 14.9. The number of hydrogen-bond donors (Lipinski definition) is 2. The lowest BCUT2D eigenvalue weighted by Crippen LogP contribution is -2.53. The Labute approximate surface area is 146 Å². The van der Waals surface area contributed by atoms with Gasteiger partial charge in [0.05, 0.1) is 24.8 Å². The van der Waals surface area contributed by atoms with Crippen LogP contribution in [0.4, 0.5) is 5.69 Å². The Morgan fingerprint density at radius 3 is 2.76 bits per heavy atom. The van der Waals surface area contributed by atoms with Crippen LogP contribution in [0.3, 0.4) is 0 Å². The van der Waals surface area contributed by atoms with E-state index in [1.54, 1.807) is 13.1 Å². The number of rotatable bonds is 4. The molecule has 2 amide bonds. The largest absolute Gasteiger partial charge is 0.477 e. The van der Waals surface area contributed by atoms with Gasteiger partial charge in [-0.1, -0.05) is 12.1 Å². The van der Waals surface area contributed by atoms with E-state index in [9.17, 15) is 14.9 Å². The van der Waals surface area contributed by atoms with Crippen molar-refractivity contribution in [1.29, 1.82) is 5.26 Å². The van der Waals surface area contributed by atoms with Crippen molar-refractivity contribution in [2.45, 2.75) is 37.3 Å². The number of benzene rings is 1. The number of nitrogens with zero attached hydrogens (tertiary/aromatic N) is 2. The molecule has 7 nitrogen and oxygen atoms in total. The molecule has 1 aromatic rings. The van der Waals surface area contributed by atoms with Gasteiger partial charge in [0.1, 0.15) is 11.3 Å². The Kier molecular flexibility index (Phi) is 4.79. The van der Waals surface area contributed by atoms with E-state index in [1.165, 1.54) is 0 Å². The van der Waals surface area contributed by atoms with Crippen molar-refractivity contribution in [2.24, 2.45) is 0 Å². The third kappa shape index (κ3) is 3.53. The monoisotopic (exact) mass is 342 g/mol. The summed E-state index contributed by atoms with van der Waals surface area (Å²) in [7, 11) is 1.56. The van der Waals surface area contributed by atoms with Crippen molar-refractivity contribution in [1.82, 2.24) is 10.6 Å². The van der Waals surface area contributed by atoms with Crippen LogP contribution in [0.25, 0.3) is 0 Å². The third-order valence-corrected chi connectivity index (χ3v) is 4.78. The van der Waals surface area contributed by atoms with E-state index in [0.29, 0.717) is 18.6 Å². The maximum absolute atomic E-state index is 12.5. The second kappa shape index (κ2) is 7.01. The van der Waals surface area contributed by atoms with E-state index in [-0.39, 0.29) is 24.9 Å². The Morgan fingerprint density at radius 2 is 2.08 bits per heavy atom. The number of likely N-dealkylation sites (N-methyl/N-ethyl adjacent to an activating group) is 1. The number of fused-ring (bicyclic) bond motifs is 1. The second-order valence-electron chi connectivity index (χ2n) is 6.52. The van der Waals surface area contributed by atoms with E-state index < -0.39 is 11.6 Å². The van der Waals surface area contributed by atoms with Gasteiger partial charge in [-0.05, 0) is 37.8 Å². The minimum Gasteiger partial charge on any atom is -0.477 e. The van der Waals surface area contributed by atoms with Gasteiger partial charge in [0, 0.05) is 7.05 Å². The van der Waals surface area contributed by atoms with E-state index >= 15 is 0 Å². The lowest BCUT2D eigenvalue weighted by molar-refractivity contribution is -0.128. The molecular weight excluding hydrogens is 320 g/mol. The first kappa shape index (κ1) is 17.1. The summed E-state index contributed by atoms with van der Waals surface area (Å²) in [6.07, 6.45) is 2.61. The highest BCUT2D eigenvalue weighted by atomic mass is 16.5. The number of para-hydroxylation sites is 2. The molecule has 1 saturated carbocycles. The number of carbonyl (C=O) groups is 2. The number of ether oxygens (including phenoxy) is 1. The van der Waals surface area contributed by atoms with Crippen molar-refractivity contribution >= 4 is 17.5 Å². The average Bonchev–Trinajstić information content (AvgIpc) is 3.09. The molecule has 132 valence electrons. The molecule has 1 atom stereocenters. The van der Waals surface area contributed by atoms with Gasteiger partial charge in [-0.3, -0.25) is 9.59 Å². The first-order valence-electron chi connectivity index (χ1n) is 8.51. The summed E-state index contributed by atoms with van der Waals surface area (Å²) in [6, 6.07) is 9.59. The summed E-state index contributed by atoms with van der Waals surface area (Å²) < 4.78 is 5.73. The molecule has 2 aliphatic rings. The van der Waals surface area contributed by atoms with Gasteiger partial charge in [-0.25, -0.2) is 0 Å². The van der Waals surface area contributed by atoms with Gasteiger partial charge in [0.15, 0.2) is 6.10 Å². The SMILES string of the molecule is CNC(=O)[C@H]1CN(CC(=O)NC2(C#N)CCCC2)c2ccccc2O1. The standard InChI is InChI=1S/C18H22N4O3/c1-20-17(24)15-10-22(13-6-2-3-7-14(13)25-15)11-16(23)21-18(12-19)8-4-5-9-18/h2-3,6-7,15H,4-5,8-11H2,1H3,(H,20,24)(H,21,23)/t15-/m1/s1. The predicted octanol–water partition coefficient (Wildman–Crippen LogP) is 0.953. The van der Waals surface area contributed by atoms with Crippen LogP contribution < -0.4 is 20.3 Å². The lowest BCUT2D eigenvalue weighted by atomic mass is 10.00. The quantitative estimate of drug-likeness (QED) is 0.850. The molecule has 1 aromatic carbocycles. The van der Waals surface area contributed by atoms with Gasteiger partial charge < -0.3 is 20.3 Å². The van der Waals surface area contributed by atoms with E-state index in [2.05, 4.69) is 16.7 Å². The van der Waals surface area contributed by atoms with Crippen LogP contribution in [0.5, 0.6) is 5.75 Å². The van der Waals surface area contributed by atoms with Crippen LogP contribution in [0.2, 0.25) is 0 Å². The zero-order valence-electron chi connectivity index (χ0n) is 14.2. The van der Waals surface area contributed by atoms with E-state index in [0.717, 1.165) is 18.5 Å². The Bertz CT molecular complexity index is 707. The van der Waals surface area contributed by atoms with Gasteiger partial charge in [-0.15, -0.1) is 0 Å². The number of hydrogen-bond acceptors (Lipinski definition) is 5. The number of amides is 2. The fourth-order valence-corrected chi connectivity index (χ4v) is 3.48. The second-order valence-corrected chi connectivity index (χ2v) is 6.52. The van der Waals surface area contributed by atoms with Crippen LogP contribution in [0.1, 0.15) is 25.7 Å². The molecule has 0 bridgehead atoms. The molecule has 2 N–H and O–H groups in total. The number of anilines is 1. The summed E-state index contributed by atoms with van der Waals surface area (Å²) >= 11 is 0. The Balaban J connectivity index is 1.75. The fraction of sp³-hybridized carbons (Fsp3) is 0.500. The molecule has 0 spiro atoms. The van der Waals surface area contributed by atoms with Crippen molar-refractivity contribution in [3.05, 3.63) is 24.3 Å². The maximum atomic E-state index is 12.5. The van der Waals surface area contributed by atoms with Gasteiger partial charge in [0.2, 0.25) is 5.91 Å². The van der Waals surface area contributed by atoms with Crippen molar-refractivity contribution in [3.8, 4) is 11.8 Å². The zero-order valence-corrected chi connectivity index (χ0v) is 14.2. The molecule has 0 aromatic heterocycles. The van der Waals surface area contributed by atoms with Crippen LogP contribution >= 0.6 is 0 Å². The zero-order chi connectivity index (χ0) is 17.9. The van der Waals surface area contributed by atoms with Crippen LogP contribution in [-0.4, -0.2) is 43.6 Å². The van der Waals surface area contributed by atoms with Crippen LogP contribution in [0.15, 0.2) is 24.3 Å². The van der Waals surface area contributed by atoms with Crippen molar-refractivity contribution < 1.29 is 14.3 Å². The first-order valence-corrected chi connectivity index (χ1v) is 8.51.